The van der Waals surface area contributed by atoms with Crippen molar-refractivity contribution in [2.45, 2.75) is 37.2 Å². The van der Waals surface area contributed by atoms with E-state index in [1.165, 1.54) is 7.11 Å². The van der Waals surface area contributed by atoms with Crippen molar-refractivity contribution in [3.63, 3.8) is 0 Å². The minimum absolute atomic E-state index is 0.193. The van der Waals surface area contributed by atoms with Gasteiger partial charge < -0.3 is 14.2 Å². The first kappa shape index (κ1) is 14.1. The van der Waals surface area contributed by atoms with Crippen LogP contribution in [0.1, 0.15) is 26.7 Å². The van der Waals surface area contributed by atoms with Crippen LogP contribution in [0.4, 0.5) is 0 Å². The van der Waals surface area contributed by atoms with E-state index in [0.29, 0.717) is 13.2 Å². The molecule has 1 spiro atoms. The average Bonchev–Trinajstić information content (AvgIpc) is 2.80. The van der Waals surface area contributed by atoms with Crippen LogP contribution in [0.25, 0.3) is 0 Å². The van der Waals surface area contributed by atoms with E-state index in [1.54, 1.807) is 11.9 Å². The number of hydrogen-bond acceptors (Lipinski definition) is 6. The molecule has 0 aromatic heterocycles. The van der Waals surface area contributed by atoms with Crippen LogP contribution in [-0.2, 0) is 19.0 Å². The Morgan fingerprint density at radius 3 is 2.33 bits per heavy atom. The predicted molar refractivity (Wildman–Crippen MR) is 69.1 cm³/mol. The lowest BCUT2D eigenvalue weighted by atomic mass is 10.1. The second-order valence-electron chi connectivity index (χ2n) is 5.13. The van der Waals surface area contributed by atoms with Crippen molar-refractivity contribution in [2.75, 3.05) is 33.4 Å². The molecule has 0 atom stereocenters. The van der Waals surface area contributed by atoms with Crippen molar-refractivity contribution in [3.8, 4) is 0 Å². The Hall–Kier alpha value is -0.300. The molecular formula is C12H21NO4S. The van der Waals surface area contributed by atoms with Crippen LogP contribution >= 0.6 is 11.9 Å². The van der Waals surface area contributed by atoms with E-state index in [4.69, 9.17) is 14.2 Å². The van der Waals surface area contributed by atoms with Gasteiger partial charge in [-0.15, -0.1) is 0 Å². The first-order valence-corrected chi connectivity index (χ1v) is 7.05. The smallest absolute Gasteiger partial charge is 0.322 e. The molecule has 6 heteroatoms. The van der Waals surface area contributed by atoms with E-state index in [0.717, 1.165) is 25.9 Å². The summed E-state index contributed by atoms with van der Waals surface area (Å²) in [5, 5.41) is 0. The SMILES string of the molecule is COC(=O)C(C)(C)SN1CCC2(CC1)OCCO2. The highest BCUT2D eigenvalue weighted by atomic mass is 32.2. The van der Waals surface area contributed by atoms with Gasteiger partial charge in [0.1, 0.15) is 4.75 Å². The summed E-state index contributed by atoms with van der Waals surface area (Å²) in [4.78, 5) is 11.6. The summed E-state index contributed by atoms with van der Waals surface area (Å²) in [6.07, 6.45) is 1.72. The van der Waals surface area contributed by atoms with Gasteiger partial charge >= 0.3 is 5.97 Å². The highest BCUT2D eigenvalue weighted by molar-refractivity contribution is 7.99. The molecule has 18 heavy (non-hydrogen) atoms. The third-order valence-corrected chi connectivity index (χ3v) is 4.58. The van der Waals surface area contributed by atoms with E-state index in [9.17, 15) is 4.79 Å². The lowest BCUT2D eigenvalue weighted by molar-refractivity contribution is -0.178. The zero-order valence-corrected chi connectivity index (χ0v) is 12.0. The van der Waals surface area contributed by atoms with Crippen LogP contribution in [0, 0.1) is 0 Å². The van der Waals surface area contributed by atoms with E-state index in [2.05, 4.69) is 4.31 Å². The van der Waals surface area contributed by atoms with Crippen molar-refractivity contribution in [1.29, 1.82) is 0 Å². The number of nitrogens with zero attached hydrogens (tertiary/aromatic N) is 1. The number of esters is 1. The molecule has 2 aliphatic rings. The van der Waals surface area contributed by atoms with Gasteiger partial charge in [-0.05, 0) is 13.8 Å². The van der Waals surface area contributed by atoms with Crippen LogP contribution in [0.2, 0.25) is 0 Å². The summed E-state index contributed by atoms with van der Waals surface area (Å²) in [6, 6.07) is 0. The Morgan fingerprint density at radius 2 is 1.83 bits per heavy atom. The number of methoxy groups -OCH3 is 1. The summed E-state index contributed by atoms with van der Waals surface area (Å²) in [5.74, 6) is -0.548. The third-order valence-electron chi connectivity index (χ3n) is 3.33. The van der Waals surface area contributed by atoms with Gasteiger partial charge in [0.2, 0.25) is 0 Å². The fourth-order valence-electron chi connectivity index (χ4n) is 2.31. The van der Waals surface area contributed by atoms with Crippen molar-refractivity contribution < 1.29 is 19.0 Å². The molecule has 2 aliphatic heterocycles. The monoisotopic (exact) mass is 275 g/mol. The molecule has 0 aliphatic carbocycles. The standard InChI is InChI=1S/C12H21NO4S/c1-11(2,10(14)15-3)18-13-6-4-12(5-7-13)16-8-9-17-12/h4-9H2,1-3H3. The number of carbonyl (C=O) groups excluding carboxylic acids is 1. The van der Waals surface area contributed by atoms with Crippen LogP contribution < -0.4 is 0 Å². The quantitative estimate of drug-likeness (QED) is 0.573. The Bertz CT molecular complexity index is 305. The maximum Gasteiger partial charge on any atom is 0.322 e. The molecule has 0 saturated carbocycles. The number of rotatable bonds is 3. The molecule has 2 fully saturated rings. The molecule has 0 unspecified atom stereocenters. The highest BCUT2D eigenvalue weighted by Crippen LogP contribution is 2.37. The van der Waals surface area contributed by atoms with E-state index in [1.807, 2.05) is 13.8 Å². The number of hydrogen-bond donors (Lipinski definition) is 0. The zero-order valence-electron chi connectivity index (χ0n) is 11.2. The van der Waals surface area contributed by atoms with Crippen LogP contribution in [0.5, 0.6) is 0 Å². The van der Waals surface area contributed by atoms with Gasteiger partial charge in [-0.25, -0.2) is 4.31 Å². The molecule has 2 rings (SSSR count). The molecule has 0 radical (unpaired) electrons. The summed E-state index contributed by atoms with van der Waals surface area (Å²) in [5.41, 5.74) is 0. The lowest BCUT2D eigenvalue weighted by Crippen LogP contribution is -2.45. The molecule has 0 bridgehead atoms. The third kappa shape index (κ3) is 2.99. The van der Waals surface area contributed by atoms with Crippen LogP contribution in [-0.4, -0.2) is 54.2 Å². The molecule has 0 N–H and O–H groups in total. The topological polar surface area (TPSA) is 48.0 Å². The Labute approximate surface area is 112 Å². The van der Waals surface area contributed by atoms with Gasteiger partial charge in [0.05, 0.1) is 20.3 Å². The fourth-order valence-corrected chi connectivity index (χ4v) is 3.48. The zero-order chi connectivity index (χ0) is 13.2. The largest absolute Gasteiger partial charge is 0.468 e. The Balaban J connectivity index is 1.85. The Morgan fingerprint density at radius 1 is 1.28 bits per heavy atom. The second kappa shape index (κ2) is 5.36. The maximum atomic E-state index is 11.6. The van der Waals surface area contributed by atoms with Gasteiger partial charge in [-0.3, -0.25) is 4.79 Å². The summed E-state index contributed by atoms with van der Waals surface area (Å²) >= 11 is 1.55. The molecule has 104 valence electrons. The molecule has 0 amide bonds. The van der Waals surface area contributed by atoms with Gasteiger partial charge in [0, 0.05) is 25.9 Å². The van der Waals surface area contributed by atoms with Gasteiger partial charge in [0.15, 0.2) is 5.79 Å². The predicted octanol–water partition coefficient (Wildman–Crippen LogP) is 1.43. The van der Waals surface area contributed by atoms with Crippen LogP contribution in [0.3, 0.4) is 0 Å². The first-order valence-electron chi connectivity index (χ1n) is 6.28. The van der Waals surface area contributed by atoms with Gasteiger partial charge in [-0.2, -0.15) is 0 Å². The number of ether oxygens (including phenoxy) is 3. The summed E-state index contributed by atoms with van der Waals surface area (Å²) in [6.45, 7) is 6.89. The van der Waals surface area contributed by atoms with Gasteiger partial charge in [-0.1, -0.05) is 11.9 Å². The molecular weight excluding hydrogens is 254 g/mol. The molecule has 2 heterocycles. The van der Waals surface area contributed by atoms with E-state index >= 15 is 0 Å². The van der Waals surface area contributed by atoms with Gasteiger partial charge in [0.25, 0.3) is 0 Å². The maximum absolute atomic E-state index is 11.6. The van der Waals surface area contributed by atoms with E-state index < -0.39 is 4.75 Å². The first-order chi connectivity index (χ1) is 8.47. The number of carbonyl (C=O) groups is 1. The van der Waals surface area contributed by atoms with Crippen molar-refractivity contribution in [3.05, 3.63) is 0 Å². The molecule has 5 nitrogen and oxygen atoms in total. The van der Waals surface area contributed by atoms with E-state index in [-0.39, 0.29) is 11.8 Å². The molecule has 0 aromatic carbocycles. The van der Waals surface area contributed by atoms with Crippen LogP contribution in [0.15, 0.2) is 0 Å². The lowest BCUT2D eigenvalue weighted by Gasteiger charge is -2.39. The second-order valence-corrected chi connectivity index (χ2v) is 6.85. The van der Waals surface area contributed by atoms with Crippen molar-refractivity contribution >= 4 is 17.9 Å². The normalized spacial score (nSPS) is 24.4. The summed E-state index contributed by atoms with van der Waals surface area (Å²) in [7, 11) is 1.43. The summed E-state index contributed by atoms with van der Waals surface area (Å²) < 4.78 is 17.8. The molecule has 2 saturated heterocycles. The minimum atomic E-state index is -0.545. The van der Waals surface area contributed by atoms with Crippen molar-refractivity contribution in [1.82, 2.24) is 4.31 Å². The Kier molecular flexibility index (Phi) is 4.21. The fraction of sp³-hybridized carbons (Fsp3) is 0.917. The minimum Gasteiger partial charge on any atom is -0.468 e. The number of piperidine rings is 1. The van der Waals surface area contributed by atoms with Crippen molar-refractivity contribution in [2.24, 2.45) is 0 Å². The highest BCUT2D eigenvalue weighted by Gasteiger charge is 2.42. The average molecular weight is 275 g/mol. The molecule has 0 aromatic rings.